The van der Waals surface area contributed by atoms with Crippen LogP contribution in [0, 0.1) is 0 Å². The molecule has 0 saturated heterocycles. The van der Waals surface area contributed by atoms with Gasteiger partial charge < -0.3 is 4.74 Å². The summed E-state index contributed by atoms with van der Waals surface area (Å²) in [5.74, 6) is 0.964. The Balaban J connectivity index is 2.31. The highest BCUT2D eigenvalue weighted by atomic mass is 31.0. The lowest BCUT2D eigenvalue weighted by Crippen LogP contribution is -1.96. The third-order valence-corrected chi connectivity index (χ3v) is 3.35. The smallest absolute Gasteiger partial charge is 0.122 e. The van der Waals surface area contributed by atoms with Crippen LogP contribution in [0.2, 0.25) is 0 Å². The Bertz CT molecular complexity index is 448. The Labute approximate surface area is 105 Å². The number of rotatable bonds is 4. The molecule has 0 heterocycles. The Morgan fingerprint density at radius 1 is 0.882 bits per heavy atom. The zero-order chi connectivity index (χ0) is 12.1. The Morgan fingerprint density at radius 2 is 1.47 bits per heavy atom. The molecule has 0 N–H and O–H groups in total. The summed E-state index contributed by atoms with van der Waals surface area (Å²) >= 11 is 0. The van der Waals surface area contributed by atoms with Crippen LogP contribution in [-0.2, 0) is 12.6 Å². The Morgan fingerprint density at radius 3 is 2.12 bits per heavy atom. The van der Waals surface area contributed by atoms with Gasteiger partial charge in [0.05, 0.1) is 7.11 Å². The molecule has 0 radical (unpaired) electrons. The highest BCUT2D eigenvalue weighted by Gasteiger charge is 2.05. The maximum atomic E-state index is 5.39. The fourth-order valence-corrected chi connectivity index (χ4v) is 2.38. The van der Waals surface area contributed by atoms with Crippen molar-refractivity contribution in [2.45, 2.75) is 12.6 Å². The molecule has 0 amide bonds. The summed E-state index contributed by atoms with van der Waals surface area (Å²) in [7, 11) is 4.51. The molecular formula is C15H17OP. The minimum absolute atomic E-state index is 0.925. The first-order chi connectivity index (χ1) is 8.35. The molecule has 0 aliphatic carbocycles. The zero-order valence-electron chi connectivity index (χ0n) is 10.0. The van der Waals surface area contributed by atoms with E-state index in [4.69, 9.17) is 4.74 Å². The van der Waals surface area contributed by atoms with E-state index >= 15 is 0 Å². The van der Waals surface area contributed by atoms with E-state index in [0.717, 1.165) is 18.3 Å². The molecule has 2 aromatic carbocycles. The van der Waals surface area contributed by atoms with Gasteiger partial charge in [0.2, 0.25) is 0 Å². The van der Waals surface area contributed by atoms with Crippen molar-refractivity contribution in [1.82, 2.24) is 0 Å². The highest BCUT2D eigenvalue weighted by molar-refractivity contribution is 7.15. The van der Waals surface area contributed by atoms with Crippen LogP contribution < -0.4 is 4.74 Å². The molecule has 0 spiro atoms. The lowest BCUT2D eigenvalue weighted by Gasteiger charge is -2.10. The summed E-state index contributed by atoms with van der Waals surface area (Å²) in [5, 5.41) is 0. The van der Waals surface area contributed by atoms with Crippen LogP contribution in [0.1, 0.15) is 16.7 Å². The van der Waals surface area contributed by atoms with E-state index in [-0.39, 0.29) is 0 Å². The molecule has 17 heavy (non-hydrogen) atoms. The van der Waals surface area contributed by atoms with Gasteiger partial charge in [0.25, 0.3) is 0 Å². The van der Waals surface area contributed by atoms with E-state index in [1.165, 1.54) is 16.7 Å². The van der Waals surface area contributed by atoms with Crippen LogP contribution in [0.5, 0.6) is 5.75 Å². The average Bonchev–Trinajstić information content (AvgIpc) is 2.40. The molecule has 1 atom stereocenters. The maximum absolute atomic E-state index is 5.39. The molecular weight excluding hydrogens is 227 g/mol. The van der Waals surface area contributed by atoms with Crippen molar-refractivity contribution in [3.63, 3.8) is 0 Å². The molecule has 2 aromatic rings. The van der Waals surface area contributed by atoms with Crippen molar-refractivity contribution in [2.75, 3.05) is 7.11 Å². The van der Waals surface area contributed by atoms with Crippen molar-refractivity contribution in [3.8, 4) is 5.75 Å². The molecule has 0 bridgehead atoms. The van der Waals surface area contributed by atoms with Crippen LogP contribution in [0.3, 0.4) is 0 Å². The second-order valence-corrected chi connectivity index (χ2v) is 4.37. The summed E-state index contributed by atoms with van der Waals surface area (Å²) in [4.78, 5) is 0. The third-order valence-electron chi connectivity index (χ3n) is 2.91. The zero-order valence-corrected chi connectivity index (χ0v) is 11.2. The monoisotopic (exact) mass is 244 g/mol. The van der Waals surface area contributed by atoms with E-state index < -0.39 is 0 Å². The predicted molar refractivity (Wildman–Crippen MR) is 75.7 cm³/mol. The van der Waals surface area contributed by atoms with Gasteiger partial charge >= 0.3 is 0 Å². The first-order valence-electron chi connectivity index (χ1n) is 5.74. The Hall–Kier alpha value is -1.33. The van der Waals surface area contributed by atoms with E-state index in [1.807, 2.05) is 12.1 Å². The van der Waals surface area contributed by atoms with Crippen molar-refractivity contribution >= 4 is 9.24 Å². The number of hydrogen-bond donors (Lipinski definition) is 0. The fraction of sp³-hybridized carbons (Fsp3) is 0.200. The van der Waals surface area contributed by atoms with Gasteiger partial charge in [-0.15, -0.1) is 9.24 Å². The standard InChI is InChI=1S/C15H17OP/c1-16-15-9-5-4-7-13(15)10-12-6-2-3-8-14(12)11-17/h2-9H,10-11,17H2,1H3. The minimum Gasteiger partial charge on any atom is -0.496 e. The second-order valence-electron chi connectivity index (χ2n) is 3.96. The topological polar surface area (TPSA) is 9.23 Å². The Kier molecular flexibility index (Phi) is 4.17. The van der Waals surface area contributed by atoms with Crippen LogP contribution in [0.4, 0.5) is 0 Å². The summed E-state index contributed by atoms with van der Waals surface area (Å²) in [5.41, 5.74) is 3.98. The van der Waals surface area contributed by atoms with Gasteiger partial charge in [0.1, 0.15) is 5.75 Å². The predicted octanol–water partition coefficient (Wildman–Crippen LogP) is 3.66. The molecule has 0 aromatic heterocycles. The quantitative estimate of drug-likeness (QED) is 0.746. The van der Waals surface area contributed by atoms with Gasteiger partial charge in [-0.2, -0.15) is 0 Å². The first kappa shape index (κ1) is 12.1. The number of methoxy groups -OCH3 is 1. The molecule has 1 nitrogen and oxygen atoms in total. The van der Waals surface area contributed by atoms with Crippen molar-refractivity contribution < 1.29 is 4.74 Å². The van der Waals surface area contributed by atoms with Crippen LogP contribution >= 0.6 is 9.24 Å². The summed E-state index contributed by atoms with van der Waals surface area (Å²) < 4.78 is 5.39. The SMILES string of the molecule is COc1ccccc1Cc1ccccc1CP. The van der Waals surface area contributed by atoms with E-state index in [2.05, 4.69) is 45.6 Å². The molecule has 88 valence electrons. The van der Waals surface area contributed by atoms with Crippen molar-refractivity contribution in [3.05, 3.63) is 65.2 Å². The van der Waals surface area contributed by atoms with Crippen LogP contribution in [-0.4, -0.2) is 7.11 Å². The van der Waals surface area contributed by atoms with Crippen LogP contribution in [0.15, 0.2) is 48.5 Å². The number of para-hydroxylation sites is 1. The minimum atomic E-state index is 0.925. The average molecular weight is 244 g/mol. The third kappa shape index (κ3) is 2.87. The van der Waals surface area contributed by atoms with Gasteiger partial charge in [0.15, 0.2) is 0 Å². The van der Waals surface area contributed by atoms with Gasteiger partial charge in [0, 0.05) is 6.42 Å². The second kappa shape index (κ2) is 5.84. The lowest BCUT2D eigenvalue weighted by molar-refractivity contribution is 0.410. The first-order valence-corrected chi connectivity index (χ1v) is 6.55. The summed E-state index contributed by atoms with van der Waals surface area (Å²) in [6.45, 7) is 0. The van der Waals surface area contributed by atoms with Crippen molar-refractivity contribution in [2.24, 2.45) is 0 Å². The van der Waals surface area contributed by atoms with E-state index in [1.54, 1.807) is 7.11 Å². The fourth-order valence-electron chi connectivity index (χ4n) is 1.98. The van der Waals surface area contributed by atoms with Gasteiger partial charge in [-0.3, -0.25) is 0 Å². The summed E-state index contributed by atoms with van der Waals surface area (Å²) in [6.07, 6.45) is 1.92. The largest absolute Gasteiger partial charge is 0.496 e. The van der Waals surface area contributed by atoms with Crippen molar-refractivity contribution in [1.29, 1.82) is 0 Å². The molecule has 0 aliphatic rings. The molecule has 1 unspecified atom stereocenters. The maximum Gasteiger partial charge on any atom is 0.122 e. The molecule has 2 heteroatoms. The lowest BCUT2D eigenvalue weighted by atomic mass is 10.00. The van der Waals surface area contributed by atoms with Crippen LogP contribution in [0.25, 0.3) is 0 Å². The van der Waals surface area contributed by atoms with Gasteiger partial charge in [-0.1, -0.05) is 42.5 Å². The molecule has 2 rings (SSSR count). The van der Waals surface area contributed by atoms with E-state index in [9.17, 15) is 0 Å². The van der Waals surface area contributed by atoms with E-state index in [0.29, 0.717) is 0 Å². The normalized spacial score (nSPS) is 10.2. The highest BCUT2D eigenvalue weighted by Crippen LogP contribution is 2.23. The summed E-state index contributed by atoms with van der Waals surface area (Å²) in [6, 6.07) is 16.7. The number of benzene rings is 2. The molecule has 0 aliphatic heterocycles. The molecule has 0 saturated carbocycles. The number of ether oxygens (including phenoxy) is 1. The molecule has 0 fully saturated rings. The van der Waals surface area contributed by atoms with Gasteiger partial charge in [-0.25, -0.2) is 0 Å². The van der Waals surface area contributed by atoms with Gasteiger partial charge in [-0.05, 0) is 28.9 Å². The number of hydrogen-bond acceptors (Lipinski definition) is 1.